The summed E-state index contributed by atoms with van der Waals surface area (Å²) < 4.78 is 0. The number of likely N-dealkylation sites (tertiary alicyclic amines) is 1. The van der Waals surface area contributed by atoms with Crippen LogP contribution in [0.2, 0.25) is 0 Å². The first kappa shape index (κ1) is 14.1. The lowest BCUT2D eigenvalue weighted by Gasteiger charge is -2.35. The summed E-state index contributed by atoms with van der Waals surface area (Å²) in [7, 11) is 0. The van der Waals surface area contributed by atoms with Crippen molar-refractivity contribution >= 4 is 29.1 Å². The highest BCUT2D eigenvalue weighted by molar-refractivity contribution is 6.52. The molecule has 1 aromatic rings. The average Bonchev–Trinajstić information content (AvgIpc) is 2.71. The van der Waals surface area contributed by atoms with E-state index in [0.717, 1.165) is 25.8 Å². The molecule has 1 unspecified atom stereocenters. The molecule has 1 atom stereocenters. The summed E-state index contributed by atoms with van der Waals surface area (Å²) in [5.74, 6) is -0.745. The SMILES string of the molecule is CC1CCCCN1C1=C(Cl)C(=O)N(c2ccccc2)C1=O. The molecule has 0 radical (unpaired) electrons. The number of anilines is 1. The molecule has 1 saturated heterocycles. The van der Waals surface area contributed by atoms with Gasteiger partial charge in [0.25, 0.3) is 11.8 Å². The molecule has 0 spiro atoms. The fourth-order valence-corrected chi connectivity index (χ4v) is 3.26. The Kier molecular flexibility index (Phi) is 3.72. The summed E-state index contributed by atoms with van der Waals surface area (Å²) in [6.45, 7) is 2.84. The lowest BCUT2D eigenvalue weighted by atomic mass is 10.0. The van der Waals surface area contributed by atoms with E-state index in [2.05, 4.69) is 6.92 Å². The topological polar surface area (TPSA) is 40.6 Å². The molecule has 1 aromatic carbocycles. The largest absolute Gasteiger partial charge is 0.363 e. The van der Waals surface area contributed by atoms with Crippen LogP contribution in [0.15, 0.2) is 41.1 Å². The van der Waals surface area contributed by atoms with Gasteiger partial charge in [-0.25, -0.2) is 4.90 Å². The third kappa shape index (κ3) is 2.33. The van der Waals surface area contributed by atoms with Crippen LogP contribution in [-0.4, -0.2) is 29.3 Å². The van der Waals surface area contributed by atoms with Gasteiger partial charge in [0.05, 0.1) is 5.69 Å². The third-order valence-electron chi connectivity index (χ3n) is 4.11. The van der Waals surface area contributed by atoms with Crippen molar-refractivity contribution in [2.75, 3.05) is 11.4 Å². The number of carbonyl (C=O) groups is 2. The number of halogens is 1. The summed E-state index contributed by atoms with van der Waals surface area (Å²) in [6, 6.07) is 9.15. The maximum absolute atomic E-state index is 12.7. The number of benzene rings is 1. The fraction of sp³-hybridized carbons (Fsp3) is 0.375. The van der Waals surface area contributed by atoms with Crippen LogP contribution in [0, 0.1) is 0 Å². The van der Waals surface area contributed by atoms with Gasteiger partial charge in [-0.3, -0.25) is 9.59 Å². The number of rotatable bonds is 2. The number of imide groups is 1. The van der Waals surface area contributed by atoms with E-state index >= 15 is 0 Å². The number of piperidine rings is 1. The molecular formula is C16H17ClN2O2. The Morgan fingerprint density at radius 3 is 2.48 bits per heavy atom. The molecule has 1 fully saturated rings. The van der Waals surface area contributed by atoms with Gasteiger partial charge in [-0.15, -0.1) is 0 Å². The zero-order valence-corrected chi connectivity index (χ0v) is 12.6. The molecule has 0 aliphatic carbocycles. The molecule has 4 nitrogen and oxygen atoms in total. The van der Waals surface area contributed by atoms with Crippen molar-refractivity contribution in [1.29, 1.82) is 0 Å². The monoisotopic (exact) mass is 304 g/mol. The third-order valence-corrected chi connectivity index (χ3v) is 4.45. The van der Waals surface area contributed by atoms with Gasteiger partial charge in [0, 0.05) is 12.6 Å². The molecular weight excluding hydrogens is 288 g/mol. The Morgan fingerprint density at radius 2 is 1.81 bits per heavy atom. The van der Waals surface area contributed by atoms with E-state index in [9.17, 15) is 9.59 Å². The van der Waals surface area contributed by atoms with E-state index in [-0.39, 0.29) is 17.0 Å². The van der Waals surface area contributed by atoms with Gasteiger partial charge in [0.2, 0.25) is 0 Å². The maximum atomic E-state index is 12.7. The molecule has 0 bridgehead atoms. The van der Waals surface area contributed by atoms with Crippen LogP contribution in [-0.2, 0) is 9.59 Å². The second kappa shape index (κ2) is 5.53. The van der Waals surface area contributed by atoms with Crippen molar-refractivity contribution in [1.82, 2.24) is 4.90 Å². The van der Waals surface area contributed by atoms with Gasteiger partial charge in [0.1, 0.15) is 10.7 Å². The lowest BCUT2D eigenvalue weighted by Crippen LogP contribution is -2.41. The molecule has 2 heterocycles. The summed E-state index contributed by atoms with van der Waals surface area (Å²) in [5, 5.41) is 0.0394. The molecule has 0 aromatic heterocycles. The number of hydrogen-bond acceptors (Lipinski definition) is 3. The standard InChI is InChI=1S/C16H17ClN2O2/c1-11-7-5-6-10-18(11)14-13(17)15(20)19(16(14)21)12-8-3-2-4-9-12/h2-4,8-9,11H,5-7,10H2,1H3. The normalized spacial score (nSPS) is 23.2. The summed E-state index contributed by atoms with van der Waals surface area (Å²) in [4.78, 5) is 28.2. The Bertz CT molecular complexity index is 612. The van der Waals surface area contributed by atoms with Gasteiger partial charge in [-0.1, -0.05) is 29.8 Å². The second-order valence-corrected chi connectivity index (χ2v) is 5.86. The van der Waals surface area contributed by atoms with Crippen molar-refractivity contribution < 1.29 is 9.59 Å². The van der Waals surface area contributed by atoms with Gasteiger partial charge < -0.3 is 4.90 Å². The minimum Gasteiger partial charge on any atom is -0.363 e. The highest BCUT2D eigenvalue weighted by atomic mass is 35.5. The average molecular weight is 305 g/mol. The Balaban J connectivity index is 1.95. The summed E-state index contributed by atoms with van der Waals surface area (Å²) in [5.41, 5.74) is 0.919. The zero-order valence-electron chi connectivity index (χ0n) is 11.9. The van der Waals surface area contributed by atoms with Crippen molar-refractivity contribution in [3.63, 3.8) is 0 Å². The van der Waals surface area contributed by atoms with E-state index < -0.39 is 5.91 Å². The van der Waals surface area contributed by atoms with Crippen molar-refractivity contribution in [3.05, 3.63) is 41.1 Å². The van der Waals surface area contributed by atoms with E-state index in [1.165, 1.54) is 4.90 Å². The second-order valence-electron chi connectivity index (χ2n) is 5.48. The van der Waals surface area contributed by atoms with Crippen LogP contribution in [0.1, 0.15) is 26.2 Å². The number of amides is 2. The van der Waals surface area contributed by atoms with Gasteiger partial charge in [-0.2, -0.15) is 0 Å². The smallest absolute Gasteiger partial charge is 0.283 e. The maximum Gasteiger partial charge on any atom is 0.283 e. The fourth-order valence-electron chi connectivity index (χ4n) is 2.98. The van der Waals surface area contributed by atoms with Crippen LogP contribution < -0.4 is 4.90 Å². The molecule has 0 saturated carbocycles. The first-order valence-electron chi connectivity index (χ1n) is 7.21. The Morgan fingerprint density at radius 1 is 1.10 bits per heavy atom. The van der Waals surface area contributed by atoms with E-state index in [1.807, 2.05) is 11.0 Å². The van der Waals surface area contributed by atoms with Crippen LogP contribution in [0.3, 0.4) is 0 Å². The van der Waals surface area contributed by atoms with Gasteiger partial charge in [0.15, 0.2) is 0 Å². The summed E-state index contributed by atoms with van der Waals surface area (Å²) >= 11 is 6.19. The van der Waals surface area contributed by atoms with E-state index in [0.29, 0.717) is 11.4 Å². The first-order valence-corrected chi connectivity index (χ1v) is 7.59. The number of nitrogens with zero attached hydrogens (tertiary/aromatic N) is 2. The highest BCUT2D eigenvalue weighted by Crippen LogP contribution is 2.33. The van der Waals surface area contributed by atoms with Crippen molar-refractivity contribution in [2.45, 2.75) is 32.2 Å². The minimum atomic E-state index is -0.430. The molecule has 2 aliphatic heterocycles. The molecule has 5 heteroatoms. The van der Waals surface area contributed by atoms with Crippen LogP contribution in [0.5, 0.6) is 0 Å². The predicted octanol–water partition coefficient (Wildman–Crippen LogP) is 2.88. The van der Waals surface area contributed by atoms with Crippen LogP contribution in [0.4, 0.5) is 5.69 Å². The van der Waals surface area contributed by atoms with Crippen LogP contribution in [0.25, 0.3) is 0 Å². The molecule has 110 valence electrons. The minimum absolute atomic E-state index is 0.0394. The predicted molar refractivity (Wildman–Crippen MR) is 81.8 cm³/mol. The molecule has 2 aliphatic rings. The lowest BCUT2D eigenvalue weighted by molar-refractivity contribution is -0.121. The molecule has 21 heavy (non-hydrogen) atoms. The quantitative estimate of drug-likeness (QED) is 0.789. The Labute approximate surface area is 129 Å². The van der Waals surface area contributed by atoms with Crippen LogP contribution >= 0.6 is 11.6 Å². The first-order chi connectivity index (χ1) is 10.1. The van der Waals surface area contributed by atoms with Crippen molar-refractivity contribution in [3.8, 4) is 0 Å². The van der Waals surface area contributed by atoms with Crippen molar-refractivity contribution in [2.24, 2.45) is 0 Å². The van der Waals surface area contributed by atoms with E-state index in [1.54, 1.807) is 24.3 Å². The molecule has 0 N–H and O–H groups in total. The molecule has 2 amide bonds. The highest BCUT2D eigenvalue weighted by Gasteiger charge is 2.42. The number of para-hydroxylation sites is 1. The number of hydrogen-bond donors (Lipinski definition) is 0. The zero-order chi connectivity index (χ0) is 15.0. The van der Waals surface area contributed by atoms with E-state index in [4.69, 9.17) is 11.6 Å². The number of carbonyl (C=O) groups excluding carboxylic acids is 2. The molecule has 3 rings (SSSR count). The van der Waals surface area contributed by atoms with Gasteiger partial charge >= 0.3 is 0 Å². The van der Waals surface area contributed by atoms with Gasteiger partial charge in [-0.05, 0) is 38.3 Å². The Hall–Kier alpha value is -1.81. The summed E-state index contributed by atoms with van der Waals surface area (Å²) in [6.07, 6.45) is 3.18.